The van der Waals surface area contributed by atoms with Crippen LogP contribution in [0.5, 0.6) is 0 Å². The molecule has 0 amide bonds. The Kier molecular flexibility index (Phi) is 6.98. The first-order valence-electron chi connectivity index (χ1n) is 4.67. The van der Waals surface area contributed by atoms with Gasteiger partial charge < -0.3 is 4.74 Å². The van der Waals surface area contributed by atoms with Gasteiger partial charge in [0.15, 0.2) is 0 Å². The maximum atomic E-state index is 11.1. The monoisotopic (exact) mass is 182 g/mol. The van der Waals surface area contributed by atoms with Crippen molar-refractivity contribution >= 4 is 5.97 Å². The van der Waals surface area contributed by atoms with Crippen molar-refractivity contribution in [2.24, 2.45) is 0 Å². The van der Waals surface area contributed by atoms with Gasteiger partial charge in [-0.3, -0.25) is 0 Å². The lowest BCUT2D eigenvalue weighted by Crippen LogP contribution is -2.06. The van der Waals surface area contributed by atoms with Gasteiger partial charge >= 0.3 is 5.97 Å². The zero-order valence-electron chi connectivity index (χ0n) is 8.67. The predicted octanol–water partition coefficient (Wildman–Crippen LogP) is 2.85. The summed E-state index contributed by atoms with van der Waals surface area (Å²) in [5.74, 6) is -0.215. The summed E-state index contributed by atoms with van der Waals surface area (Å²) >= 11 is 0. The van der Waals surface area contributed by atoms with E-state index in [1.54, 1.807) is 13.0 Å². The number of hydrogen-bond acceptors (Lipinski definition) is 2. The smallest absolute Gasteiger partial charge is 0.333 e. The minimum atomic E-state index is -0.215. The van der Waals surface area contributed by atoms with E-state index in [4.69, 9.17) is 4.74 Å². The zero-order chi connectivity index (χ0) is 10.1. The van der Waals surface area contributed by atoms with Crippen molar-refractivity contribution in [3.8, 4) is 0 Å². The minimum absolute atomic E-state index is 0.215. The molecule has 74 valence electrons. The van der Waals surface area contributed by atoms with Crippen LogP contribution in [0.3, 0.4) is 0 Å². The number of rotatable bonds is 5. The van der Waals surface area contributed by atoms with E-state index in [0.717, 1.165) is 12.8 Å². The highest BCUT2D eigenvalue weighted by atomic mass is 16.5. The Morgan fingerprint density at radius 3 is 2.62 bits per heavy atom. The number of allylic oxidation sites excluding steroid dienone is 2. The highest BCUT2D eigenvalue weighted by molar-refractivity contribution is 5.87. The minimum Gasteiger partial charge on any atom is -0.462 e. The molecule has 0 aliphatic heterocycles. The van der Waals surface area contributed by atoms with Gasteiger partial charge in [0, 0.05) is 5.57 Å². The molecule has 0 radical (unpaired) electrons. The molecular formula is C11H18O2. The molecular weight excluding hydrogens is 164 g/mol. The van der Waals surface area contributed by atoms with Gasteiger partial charge in [-0.25, -0.2) is 4.79 Å². The van der Waals surface area contributed by atoms with Crippen molar-refractivity contribution in [3.63, 3.8) is 0 Å². The van der Waals surface area contributed by atoms with Crippen LogP contribution in [0.4, 0.5) is 0 Å². The molecule has 0 bridgehead atoms. The summed E-state index contributed by atoms with van der Waals surface area (Å²) in [5, 5.41) is 0. The largest absolute Gasteiger partial charge is 0.462 e. The predicted molar refractivity (Wildman–Crippen MR) is 54.4 cm³/mol. The maximum Gasteiger partial charge on any atom is 0.333 e. The van der Waals surface area contributed by atoms with E-state index >= 15 is 0 Å². The molecule has 0 spiro atoms. The molecule has 0 aromatic rings. The quantitative estimate of drug-likeness (QED) is 0.283. The van der Waals surface area contributed by atoms with E-state index in [2.05, 4.69) is 13.0 Å². The second-order valence-electron chi connectivity index (χ2n) is 2.78. The van der Waals surface area contributed by atoms with E-state index in [-0.39, 0.29) is 5.97 Å². The van der Waals surface area contributed by atoms with Crippen LogP contribution < -0.4 is 0 Å². The fraction of sp³-hybridized carbons (Fsp3) is 0.545. The van der Waals surface area contributed by atoms with E-state index in [1.165, 1.54) is 0 Å². The third-order valence-corrected chi connectivity index (χ3v) is 1.68. The van der Waals surface area contributed by atoms with Crippen LogP contribution in [-0.2, 0) is 9.53 Å². The molecule has 0 unspecified atom stereocenters. The molecule has 0 aromatic carbocycles. The van der Waals surface area contributed by atoms with Gasteiger partial charge in [-0.2, -0.15) is 0 Å². The van der Waals surface area contributed by atoms with Crippen LogP contribution >= 0.6 is 0 Å². The van der Waals surface area contributed by atoms with Crippen LogP contribution in [0.1, 0.15) is 33.6 Å². The fourth-order valence-electron chi connectivity index (χ4n) is 0.736. The molecule has 0 aliphatic carbocycles. The number of hydrogen-bond donors (Lipinski definition) is 0. The van der Waals surface area contributed by atoms with Crippen LogP contribution in [0, 0.1) is 0 Å². The molecule has 0 saturated heterocycles. The number of carbonyl (C=O) groups is 1. The molecule has 0 aliphatic rings. The van der Waals surface area contributed by atoms with Crippen molar-refractivity contribution < 1.29 is 9.53 Å². The Labute approximate surface area is 80.3 Å². The van der Waals surface area contributed by atoms with Gasteiger partial charge in [0.2, 0.25) is 0 Å². The van der Waals surface area contributed by atoms with Gasteiger partial charge in [0.1, 0.15) is 0 Å². The molecule has 2 nitrogen and oxygen atoms in total. The summed E-state index contributed by atoms with van der Waals surface area (Å²) in [4.78, 5) is 11.1. The van der Waals surface area contributed by atoms with E-state index in [0.29, 0.717) is 12.2 Å². The normalized spacial score (nSPS) is 12.1. The lowest BCUT2D eigenvalue weighted by molar-refractivity contribution is -0.138. The first kappa shape index (κ1) is 11.9. The van der Waals surface area contributed by atoms with Crippen molar-refractivity contribution in [2.75, 3.05) is 6.61 Å². The molecule has 0 saturated carbocycles. The molecule has 2 heteroatoms. The summed E-state index contributed by atoms with van der Waals surface area (Å²) in [6.07, 6.45) is 7.68. The van der Waals surface area contributed by atoms with Crippen LogP contribution in [0.25, 0.3) is 0 Å². The second kappa shape index (κ2) is 7.59. The number of ether oxygens (including phenoxy) is 1. The topological polar surface area (TPSA) is 26.3 Å². The molecule has 13 heavy (non-hydrogen) atoms. The first-order valence-corrected chi connectivity index (χ1v) is 4.67. The zero-order valence-corrected chi connectivity index (χ0v) is 8.67. The van der Waals surface area contributed by atoms with Gasteiger partial charge in [0.25, 0.3) is 0 Å². The second-order valence-corrected chi connectivity index (χ2v) is 2.78. The Morgan fingerprint density at radius 2 is 2.08 bits per heavy atom. The average molecular weight is 182 g/mol. The van der Waals surface area contributed by atoms with Crippen molar-refractivity contribution in [2.45, 2.75) is 33.6 Å². The fourth-order valence-corrected chi connectivity index (χ4v) is 0.736. The third-order valence-electron chi connectivity index (χ3n) is 1.68. The van der Waals surface area contributed by atoms with E-state index in [1.807, 2.05) is 13.0 Å². The lowest BCUT2D eigenvalue weighted by Gasteiger charge is -2.01. The highest BCUT2D eigenvalue weighted by Gasteiger charge is 2.01. The van der Waals surface area contributed by atoms with Crippen molar-refractivity contribution in [1.82, 2.24) is 0 Å². The van der Waals surface area contributed by atoms with E-state index in [9.17, 15) is 4.79 Å². The molecule has 0 fully saturated rings. The van der Waals surface area contributed by atoms with Gasteiger partial charge in [0.05, 0.1) is 6.61 Å². The third kappa shape index (κ3) is 6.14. The van der Waals surface area contributed by atoms with Gasteiger partial charge in [-0.1, -0.05) is 25.2 Å². The molecule has 0 rings (SSSR count). The maximum absolute atomic E-state index is 11.1. The van der Waals surface area contributed by atoms with Gasteiger partial charge in [-0.05, 0) is 26.7 Å². The Morgan fingerprint density at radius 1 is 1.38 bits per heavy atom. The van der Waals surface area contributed by atoms with Gasteiger partial charge in [-0.15, -0.1) is 0 Å². The Bertz CT molecular complexity index is 202. The summed E-state index contributed by atoms with van der Waals surface area (Å²) in [6.45, 7) is 6.13. The van der Waals surface area contributed by atoms with Crippen molar-refractivity contribution in [1.29, 1.82) is 0 Å². The van der Waals surface area contributed by atoms with E-state index < -0.39 is 0 Å². The van der Waals surface area contributed by atoms with Crippen LogP contribution in [0.15, 0.2) is 23.8 Å². The highest BCUT2D eigenvalue weighted by Crippen LogP contribution is 1.97. The Balaban J connectivity index is 3.54. The average Bonchev–Trinajstić information content (AvgIpc) is 2.16. The number of carbonyl (C=O) groups excluding carboxylic acids is 1. The lowest BCUT2D eigenvalue weighted by atomic mass is 10.3. The standard InChI is InChI=1S/C11H18O2/c1-4-6-7-8-9-13-11(12)10(3)5-2/h5-7H,4,8-9H2,1-3H3/b7-6-,10-5-. The summed E-state index contributed by atoms with van der Waals surface area (Å²) < 4.78 is 4.98. The van der Waals surface area contributed by atoms with Crippen LogP contribution in [-0.4, -0.2) is 12.6 Å². The number of esters is 1. The molecule has 0 heterocycles. The SMILES string of the molecule is C/C=C(/C)C(=O)OCC/C=C\CC. The molecule has 0 N–H and O–H groups in total. The Hall–Kier alpha value is -1.05. The first-order chi connectivity index (χ1) is 6.22. The van der Waals surface area contributed by atoms with Crippen LogP contribution in [0.2, 0.25) is 0 Å². The summed E-state index contributed by atoms with van der Waals surface area (Å²) in [7, 11) is 0. The molecule has 0 aromatic heterocycles. The summed E-state index contributed by atoms with van der Waals surface area (Å²) in [6, 6.07) is 0. The molecule has 0 atom stereocenters. The summed E-state index contributed by atoms with van der Waals surface area (Å²) in [5.41, 5.74) is 0.666. The van der Waals surface area contributed by atoms with Crippen molar-refractivity contribution in [3.05, 3.63) is 23.8 Å².